The molecule has 3 aromatic carbocycles. The molecular weight excluding hydrogens is 548 g/mol. The number of ether oxygens (including phenoxy) is 5. The third-order valence-electron chi connectivity index (χ3n) is 6.82. The minimum atomic E-state index is -0.684. The van der Waals surface area contributed by atoms with Crippen LogP contribution in [0.1, 0.15) is 56.3 Å². The Balaban J connectivity index is 1.32. The second kappa shape index (κ2) is 14.9. The van der Waals surface area contributed by atoms with E-state index in [9.17, 15) is 14.4 Å². The van der Waals surface area contributed by atoms with Gasteiger partial charge >= 0.3 is 17.9 Å². The largest absolute Gasteiger partial charge is 0.487 e. The summed E-state index contributed by atoms with van der Waals surface area (Å²) in [5.74, 6) is 0.157. The van der Waals surface area contributed by atoms with Gasteiger partial charge in [0.2, 0.25) is 6.29 Å². The molecule has 3 unspecified atom stereocenters. The number of rotatable bonds is 14. The van der Waals surface area contributed by atoms with Gasteiger partial charge in [-0.15, -0.1) is 0 Å². The fourth-order valence-electron chi connectivity index (χ4n) is 4.56. The van der Waals surface area contributed by atoms with Crippen molar-refractivity contribution in [2.24, 2.45) is 0 Å². The molecule has 3 aromatic rings. The molecule has 1 aliphatic heterocycles. The Morgan fingerprint density at radius 3 is 1.95 bits per heavy atom. The summed E-state index contributed by atoms with van der Waals surface area (Å²) in [6.07, 6.45) is 3.14. The fourth-order valence-corrected chi connectivity index (χ4v) is 4.56. The van der Waals surface area contributed by atoms with Crippen LogP contribution in [-0.2, 0) is 19.1 Å². The van der Waals surface area contributed by atoms with Gasteiger partial charge in [-0.3, -0.25) is 0 Å². The number of cyclic esters (lactones) is 1. The summed E-state index contributed by atoms with van der Waals surface area (Å²) < 4.78 is 28.1. The highest BCUT2D eigenvalue weighted by Gasteiger charge is 2.34. The molecule has 1 saturated heterocycles. The van der Waals surface area contributed by atoms with Gasteiger partial charge in [0.05, 0.1) is 5.56 Å². The van der Waals surface area contributed by atoms with E-state index in [0.29, 0.717) is 41.2 Å². The number of benzene rings is 3. The summed E-state index contributed by atoms with van der Waals surface area (Å²) in [5, 5.41) is 0. The topological polar surface area (TPSA) is 97.4 Å². The molecule has 0 aliphatic carbocycles. The van der Waals surface area contributed by atoms with Crippen LogP contribution in [0.5, 0.6) is 17.2 Å². The van der Waals surface area contributed by atoms with Crippen molar-refractivity contribution in [1.29, 1.82) is 0 Å². The number of esters is 3. The van der Waals surface area contributed by atoms with Crippen LogP contribution in [-0.4, -0.2) is 36.4 Å². The molecule has 0 bridgehead atoms. The molecule has 0 amide bonds. The molecule has 1 aliphatic rings. The van der Waals surface area contributed by atoms with Crippen LogP contribution in [0.2, 0.25) is 0 Å². The van der Waals surface area contributed by atoms with Gasteiger partial charge in [0.15, 0.2) is 0 Å². The first kappa shape index (κ1) is 31.1. The molecule has 8 heteroatoms. The van der Waals surface area contributed by atoms with E-state index in [0.717, 1.165) is 36.5 Å². The van der Waals surface area contributed by atoms with Crippen LogP contribution in [0.4, 0.5) is 0 Å². The predicted octanol–water partition coefficient (Wildman–Crippen LogP) is 7.23. The maximum atomic E-state index is 12.8. The SMILES string of the molecule is C=CC(=O)OC(CCC)Oc1ccc(-c2ccc(OC(=O)c3ccc(OC(CCC)C4CC(=C)C(=O)O4)cc3)cc2)cc1. The average molecular weight is 585 g/mol. The summed E-state index contributed by atoms with van der Waals surface area (Å²) in [6, 6.07) is 21.3. The van der Waals surface area contributed by atoms with Crippen molar-refractivity contribution in [2.75, 3.05) is 0 Å². The first-order chi connectivity index (χ1) is 20.8. The van der Waals surface area contributed by atoms with Gasteiger partial charge in [0.25, 0.3) is 0 Å². The van der Waals surface area contributed by atoms with Crippen LogP contribution in [0.25, 0.3) is 11.1 Å². The highest BCUT2D eigenvalue weighted by atomic mass is 16.7. The van der Waals surface area contributed by atoms with Crippen molar-refractivity contribution in [3.05, 3.63) is 103 Å². The van der Waals surface area contributed by atoms with Crippen molar-refractivity contribution in [3.8, 4) is 28.4 Å². The van der Waals surface area contributed by atoms with E-state index in [4.69, 9.17) is 23.7 Å². The van der Waals surface area contributed by atoms with E-state index < -0.39 is 18.2 Å². The summed E-state index contributed by atoms with van der Waals surface area (Å²) in [6.45, 7) is 11.2. The zero-order chi connectivity index (χ0) is 30.8. The highest BCUT2D eigenvalue weighted by molar-refractivity contribution is 5.91. The Kier molecular flexibility index (Phi) is 10.7. The zero-order valence-electron chi connectivity index (χ0n) is 24.5. The Hall–Kier alpha value is -4.85. The molecule has 3 atom stereocenters. The van der Waals surface area contributed by atoms with Gasteiger partial charge in [-0.1, -0.05) is 57.7 Å². The van der Waals surface area contributed by atoms with Crippen molar-refractivity contribution >= 4 is 17.9 Å². The Morgan fingerprint density at radius 1 is 0.860 bits per heavy atom. The van der Waals surface area contributed by atoms with Gasteiger partial charge in [0, 0.05) is 24.5 Å². The first-order valence-electron chi connectivity index (χ1n) is 14.4. The van der Waals surface area contributed by atoms with E-state index in [2.05, 4.69) is 13.2 Å². The lowest BCUT2D eigenvalue weighted by molar-refractivity contribution is -0.158. The van der Waals surface area contributed by atoms with Crippen LogP contribution in [0.15, 0.2) is 97.6 Å². The van der Waals surface area contributed by atoms with Crippen LogP contribution in [0.3, 0.4) is 0 Å². The van der Waals surface area contributed by atoms with Crippen LogP contribution >= 0.6 is 0 Å². The highest BCUT2D eigenvalue weighted by Crippen LogP contribution is 2.28. The molecule has 0 spiro atoms. The number of hydrogen-bond donors (Lipinski definition) is 0. The maximum absolute atomic E-state index is 12.8. The number of hydrogen-bond acceptors (Lipinski definition) is 8. The quantitative estimate of drug-likeness (QED) is 0.0848. The smallest absolute Gasteiger partial charge is 0.343 e. The average Bonchev–Trinajstić information content (AvgIpc) is 3.35. The normalized spacial score (nSPS) is 15.6. The Labute approximate surface area is 251 Å². The van der Waals surface area contributed by atoms with Gasteiger partial charge in [-0.25, -0.2) is 14.4 Å². The predicted molar refractivity (Wildman–Crippen MR) is 162 cm³/mol. The van der Waals surface area contributed by atoms with Crippen molar-refractivity contribution in [2.45, 2.75) is 64.4 Å². The molecule has 1 heterocycles. The number of carbonyl (C=O) groups is 3. The third kappa shape index (κ3) is 8.58. The molecular formula is C35H36O8. The molecule has 224 valence electrons. The lowest BCUT2D eigenvalue weighted by atomic mass is 10.0. The van der Waals surface area contributed by atoms with Gasteiger partial charge < -0.3 is 23.7 Å². The summed E-state index contributed by atoms with van der Waals surface area (Å²) in [4.78, 5) is 36.1. The minimum Gasteiger partial charge on any atom is -0.487 e. The van der Waals surface area contributed by atoms with E-state index in [-0.39, 0.29) is 18.2 Å². The zero-order valence-corrected chi connectivity index (χ0v) is 24.5. The molecule has 0 saturated carbocycles. The van der Waals surface area contributed by atoms with Crippen molar-refractivity contribution < 1.29 is 38.1 Å². The Bertz CT molecular complexity index is 1410. The Morgan fingerprint density at radius 2 is 1.42 bits per heavy atom. The van der Waals surface area contributed by atoms with Gasteiger partial charge in [0.1, 0.15) is 29.5 Å². The van der Waals surface area contributed by atoms with E-state index >= 15 is 0 Å². The molecule has 0 aromatic heterocycles. The fraction of sp³-hybridized carbons (Fsp3) is 0.286. The lowest BCUT2D eigenvalue weighted by Gasteiger charge is -2.23. The summed E-state index contributed by atoms with van der Waals surface area (Å²) in [5.41, 5.74) is 2.69. The van der Waals surface area contributed by atoms with Gasteiger partial charge in [-0.2, -0.15) is 0 Å². The lowest BCUT2D eigenvalue weighted by Crippen LogP contribution is -2.31. The van der Waals surface area contributed by atoms with E-state index in [1.165, 1.54) is 0 Å². The molecule has 0 radical (unpaired) electrons. The number of carbonyl (C=O) groups excluding carboxylic acids is 3. The van der Waals surface area contributed by atoms with Crippen LogP contribution < -0.4 is 14.2 Å². The molecule has 43 heavy (non-hydrogen) atoms. The van der Waals surface area contributed by atoms with Crippen molar-refractivity contribution in [3.63, 3.8) is 0 Å². The standard InChI is InChI=1S/C35H36O8/c1-5-8-30(31-22-23(4)34(37)42-31)39-27-20-14-26(15-21-27)35(38)41-29-18-12-25(13-19-29)24-10-16-28(17-11-24)40-33(9-6-2)43-32(36)7-3/h7,10-21,30-31,33H,3-6,8-9,22H2,1-2H3. The molecule has 0 N–H and O–H groups in total. The monoisotopic (exact) mass is 584 g/mol. The molecule has 1 fully saturated rings. The van der Waals surface area contributed by atoms with E-state index in [1.807, 2.05) is 50.2 Å². The summed E-state index contributed by atoms with van der Waals surface area (Å²) >= 11 is 0. The molecule has 8 nitrogen and oxygen atoms in total. The summed E-state index contributed by atoms with van der Waals surface area (Å²) in [7, 11) is 0. The molecule has 4 rings (SSSR count). The third-order valence-corrected chi connectivity index (χ3v) is 6.82. The van der Waals surface area contributed by atoms with E-state index in [1.54, 1.807) is 36.4 Å². The van der Waals surface area contributed by atoms with Gasteiger partial charge in [-0.05, 0) is 72.5 Å². The second-order valence-corrected chi connectivity index (χ2v) is 10.1. The maximum Gasteiger partial charge on any atom is 0.343 e. The minimum absolute atomic E-state index is 0.298. The van der Waals surface area contributed by atoms with Crippen LogP contribution in [0, 0.1) is 0 Å². The van der Waals surface area contributed by atoms with Crippen molar-refractivity contribution in [1.82, 2.24) is 0 Å². The second-order valence-electron chi connectivity index (χ2n) is 10.1. The first-order valence-corrected chi connectivity index (χ1v) is 14.4.